The smallest absolute Gasteiger partial charge is 0.240 e. The molecule has 3 rings (SSSR count). The van der Waals surface area contributed by atoms with E-state index in [-0.39, 0.29) is 5.91 Å². The molecule has 0 aliphatic heterocycles. The summed E-state index contributed by atoms with van der Waals surface area (Å²) in [5.41, 5.74) is 5.57. The van der Waals surface area contributed by atoms with Crippen molar-refractivity contribution in [2.24, 2.45) is 5.10 Å². The van der Waals surface area contributed by atoms with Crippen molar-refractivity contribution in [3.63, 3.8) is 0 Å². The number of rotatable bonds is 8. The van der Waals surface area contributed by atoms with E-state index in [9.17, 15) is 4.79 Å². The van der Waals surface area contributed by atoms with Crippen molar-refractivity contribution >= 4 is 39.7 Å². The van der Waals surface area contributed by atoms with Gasteiger partial charge in [0, 0.05) is 11.4 Å². The molecule has 0 spiro atoms. The average Bonchev–Trinajstić information content (AvgIpc) is 2.73. The molecule has 0 heterocycles. The second-order valence-corrected chi connectivity index (χ2v) is 7.67. The summed E-state index contributed by atoms with van der Waals surface area (Å²) >= 11 is 9.40. The second-order valence-electron chi connectivity index (χ2n) is 6.38. The molecule has 1 amide bonds. The molecule has 0 fully saturated rings. The zero-order valence-corrected chi connectivity index (χ0v) is 18.0. The number of amides is 1. The molecule has 0 aromatic heterocycles. The van der Waals surface area contributed by atoms with Gasteiger partial charge < -0.3 is 4.74 Å². The molecule has 4 nitrogen and oxygen atoms in total. The molecule has 0 unspecified atom stereocenters. The van der Waals surface area contributed by atoms with Crippen LogP contribution in [-0.4, -0.2) is 12.1 Å². The van der Waals surface area contributed by atoms with Gasteiger partial charge in [0.25, 0.3) is 0 Å². The van der Waals surface area contributed by atoms with Crippen LogP contribution in [0.15, 0.2) is 82.4 Å². The lowest BCUT2D eigenvalue weighted by molar-refractivity contribution is -0.121. The van der Waals surface area contributed by atoms with Crippen molar-refractivity contribution < 1.29 is 9.53 Å². The maximum Gasteiger partial charge on any atom is 0.240 e. The highest BCUT2D eigenvalue weighted by atomic mass is 79.9. The van der Waals surface area contributed by atoms with E-state index in [1.165, 1.54) is 0 Å². The van der Waals surface area contributed by atoms with Gasteiger partial charge in [-0.2, -0.15) is 5.10 Å². The van der Waals surface area contributed by atoms with Gasteiger partial charge in [0.05, 0.1) is 10.7 Å². The van der Waals surface area contributed by atoms with Crippen LogP contribution in [0.25, 0.3) is 0 Å². The van der Waals surface area contributed by atoms with Crippen LogP contribution in [0.4, 0.5) is 0 Å². The summed E-state index contributed by atoms with van der Waals surface area (Å²) in [4.78, 5) is 11.9. The minimum absolute atomic E-state index is 0.118. The summed E-state index contributed by atoms with van der Waals surface area (Å²) in [7, 11) is 0. The molecule has 29 heavy (non-hydrogen) atoms. The third-order valence-electron chi connectivity index (χ3n) is 4.15. The second kappa shape index (κ2) is 10.8. The Hall–Kier alpha value is -2.63. The normalized spacial score (nSPS) is 10.8. The summed E-state index contributed by atoms with van der Waals surface area (Å²) in [6.07, 6.45) is 2.68. The van der Waals surface area contributed by atoms with Gasteiger partial charge in [0.15, 0.2) is 0 Å². The lowest BCUT2D eigenvalue weighted by atomic mass is 10.1. The quantitative estimate of drug-likeness (QED) is 0.335. The number of halogens is 2. The molecule has 0 saturated heterocycles. The molecule has 0 aliphatic carbocycles. The van der Waals surface area contributed by atoms with Crippen LogP contribution < -0.4 is 10.2 Å². The van der Waals surface area contributed by atoms with Crippen molar-refractivity contribution in [1.29, 1.82) is 0 Å². The van der Waals surface area contributed by atoms with Crippen LogP contribution in [0.1, 0.15) is 23.1 Å². The molecule has 6 heteroatoms. The SMILES string of the molecule is O=C(CCc1ccccc1)N/N=C\c1ccc(OCc2ccc(Cl)cc2)c(Br)c1. The summed E-state index contributed by atoms with van der Waals surface area (Å²) in [5, 5.41) is 4.73. The van der Waals surface area contributed by atoms with Gasteiger partial charge in [-0.1, -0.05) is 54.1 Å². The third-order valence-corrected chi connectivity index (χ3v) is 5.02. The summed E-state index contributed by atoms with van der Waals surface area (Å²) in [5.74, 6) is 0.607. The van der Waals surface area contributed by atoms with Gasteiger partial charge in [-0.05, 0) is 69.4 Å². The minimum atomic E-state index is -0.118. The average molecular weight is 472 g/mol. The monoisotopic (exact) mass is 470 g/mol. The number of nitrogens with zero attached hydrogens (tertiary/aromatic N) is 1. The van der Waals surface area contributed by atoms with Crippen molar-refractivity contribution in [2.45, 2.75) is 19.4 Å². The van der Waals surface area contributed by atoms with Crippen molar-refractivity contribution in [2.75, 3.05) is 0 Å². The molecule has 0 saturated carbocycles. The van der Waals surface area contributed by atoms with Crippen LogP contribution in [-0.2, 0) is 17.8 Å². The first kappa shape index (κ1) is 21.1. The largest absolute Gasteiger partial charge is 0.488 e. The summed E-state index contributed by atoms with van der Waals surface area (Å²) in [6, 6.07) is 23.0. The van der Waals surface area contributed by atoms with Crippen LogP contribution >= 0.6 is 27.5 Å². The molecule has 148 valence electrons. The standard InChI is InChI=1S/C23H20BrClN2O2/c24-21-14-19(8-12-22(21)29-16-18-6-10-20(25)11-7-18)15-26-27-23(28)13-9-17-4-2-1-3-5-17/h1-8,10-12,14-15H,9,13,16H2,(H,27,28)/b26-15-. The molecule has 3 aromatic carbocycles. The van der Waals surface area contributed by atoms with E-state index in [2.05, 4.69) is 26.5 Å². The summed E-state index contributed by atoms with van der Waals surface area (Å²) < 4.78 is 6.64. The number of ether oxygens (including phenoxy) is 1. The topological polar surface area (TPSA) is 50.7 Å². The predicted molar refractivity (Wildman–Crippen MR) is 120 cm³/mol. The first-order valence-electron chi connectivity index (χ1n) is 9.13. The minimum Gasteiger partial charge on any atom is -0.488 e. The molecule has 0 radical (unpaired) electrons. The van der Waals surface area contributed by atoms with Gasteiger partial charge >= 0.3 is 0 Å². The Bertz CT molecular complexity index is 976. The number of hydrogen-bond donors (Lipinski definition) is 1. The Morgan fingerprint density at radius 3 is 2.52 bits per heavy atom. The van der Waals surface area contributed by atoms with Gasteiger partial charge in [-0.3, -0.25) is 4.79 Å². The molecule has 0 bridgehead atoms. The molecule has 1 N–H and O–H groups in total. The number of hydrazone groups is 1. The Kier molecular flexibility index (Phi) is 7.85. The predicted octanol–water partition coefficient (Wildman–Crippen LogP) is 5.76. The van der Waals surface area contributed by atoms with Gasteiger partial charge in [0.2, 0.25) is 5.91 Å². The van der Waals surface area contributed by atoms with Crippen LogP contribution in [0.5, 0.6) is 5.75 Å². The Morgan fingerprint density at radius 2 is 1.79 bits per heavy atom. The van der Waals surface area contributed by atoms with E-state index in [1.807, 2.05) is 72.8 Å². The molecule has 3 aromatic rings. The fourth-order valence-corrected chi connectivity index (χ4v) is 3.23. The van der Waals surface area contributed by atoms with Gasteiger partial charge in [0.1, 0.15) is 12.4 Å². The Balaban J connectivity index is 1.47. The number of benzene rings is 3. The van der Waals surface area contributed by atoms with Crippen molar-refractivity contribution in [3.8, 4) is 5.75 Å². The maximum absolute atomic E-state index is 11.9. The molecule has 0 aliphatic rings. The lowest BCUT2D eigenvalue weighted by Crippen LogP contribution is -2.17. The number of nitrogens with one attached hydrogen (secondary N) is 1. The van der Waals surface area contributed by atoms with E-state index in [1.54, 1.807) is 6.21 Å². The zero-order chi connectivity index (χ0) is 20.5. The first-order valence-corrected chi connectivity index (χ1v) is 10.3. The van der Waals surface area contributed by atoms with E-state index in [0.29, 0.717) is 24.5 Å². The van der Waals surface area contributed by atoms with Crippen molar-refractivity contribution in [3.05, 3.63) is 99.0 Å². The highest BCUT2D eigenvalue weighted by Gasteiger charge is 2.04. The maximum atomic E-state index is 11.9. The highest BCUT2D eigenvalue weighted by molar-refractivity contribution is 9.10. The van der Waals surface area contributed by atoms with Crippen LogP contribution in [0.2, 0.25) is 5.02 Å². The molecular formula is C23H20BrClN2O2. The Morgan fingerprint density at radius 1 is 1.03 bits per heavy atom. The number of carbonyl (C=O) groups is 1. The number of hydrogen-bond acceptors (Lipinski definition) is 3. The van der Waals surface area contributed by atoms with Gasteiger partial charge in [-0.25, -0.2) is 5.43 Å². The van der Waals surface area contributed by atoms with Crippen molar-refractivity contribution in [1.82, 2.24) is 5.43 Å². The lowest BCUT2D eigenvalue weighted by Gasteiger charge is -2.09. The van der Waals surface area contributed by atoms with Crippen LogP contribution in [0, 0.1) is 0 Å². The first-order chi connectivity index (χ1) is 14.1. The number of carbonyl (C=O) groups excluding carboxylic acids is 1. The molecule has 0 atom stereocenters. The van der Waals surface area contributed by atoms with E-state index in [4.69, 9.17) is 16.3 Å². The number of aryl methyl sites for hydroxylation is 1. The third kappa shape index (κ3) is 7.04. The van der Waals surface area contributed by atoms with E-state index in [0.717, 1.165) is 26.9 Å². The zero-order valence-electron chi connectivity index (χ0n) is 15.6. The van der Waals surface area contributed by atoms with E-state index < -0.39 is 0 Å². The van der Waals surface area contributed by atoms with Crippen LogP contribution in [0.3, 0.4) is 0 Å². The fourth-order valence-electron chi connectivity index (χ4n) is 2.59. The Labute approximate surface area is 183 Å². The summed E-state index contributed by atoms with van der Waals surface area (Å²) in [6.45, 7) is 0.445. The highest BCUT2D eigenvalue weighted by Crippen LogP contribution is 2.26. The molecular weight excluding hydrogens is 452 g/mol. The van der Waals surface area contributed by atoms with Gasteiger partial charge in [-0.15, -0.1) is 0 Å². The fraction of sp³-hybridized carbons (Fsp3) is 0.130. The van der Waals surface area contributed by atoms with E-state index >= 15 is 0 Å².